The Bertz CT molecular complexity index is 683. The number of aromatic nitrogens is 1. The van der Waals surface area contributed by atoms with Gasteiger partial charge in [0, 0.05) is 24.8 Å². The lowest BCUT2D eigenvalue weighted by Crippen LogP contribution is -2.33. The molecule has 0 saturated carbocycles. The van der Waals surface area contributed by atoms with Gasteiger partial charge in [0.1, 0.15) is 5.69 Å². The molecule has 146 valence electrons. The van der Waals surface area contributed by atoms with Crippen LogP contribution in [0.4, 0.5) is 17.2 Å². The van der Waals surface area contributed by atoms with Crippen LogP contribution in [0.1, 0.15) is 32.6 Å². The highest BCUT2D eigenvalue weighted by Gasteiger charge is 2.09. The number of pyridine rings is 1. The molecule has 0 atom stereocenters. The van der Waals surface area contributed by atoms with E-state index in [9.17, 15) is 0 Å². The summed E-state index contributed by atoms with van der Waals surface area (Å²) in [5.74, 6) is 0.847. The van der Waals surface area contributed by atoms with E-state index in [1.165, 1.54) is 19.3 Å². The first kappa shape index (κ1) is 21.0. The summed E-state index contributed by atoms with van der Waals surface area (Å²) < 4.78 is 2.14. The third-order valence-electron chi connectivity index (χ3n) is 4.39. The van der Waals surface area contributed by atoms with Crippen LogP contribution in [0.15, 0.2) is 58.9 Å². The van der Waals surface area contributed by atoms with Crippen LogP contribution in [-0.2, 0) is 6.54 Å². The van der Waals surface area contributed by atoms with Gasteiger partial charge in [-0.05, 0) is 48.3 Å². The maximum Gasteiger partial charge on any atom is 0.350 e. The minimum absolute atomic E-state index is 0.0493. The largest absolute Gasteiger partial charge is 0.395 e. The number of nitrogens with zero attached hydrogens (tertiary/aromatic N) is 4. The Morgan fingerprint density at radius 1 is 0.889 bits per heavy atom. The minimum Gasteiger partial charge on any atom is -0.395 e. The highest BCUT2D eigenvalue weighted by atomic mass is 16.3. The molecule has 6 heteroatoms. The van der Waals surface area contributed by atoms with Crippen LogP contribution in [0.5, 0.6) is 0 Å². The first-order chi connectivity index (χ1) is 13.3. The lowest BCUT2D eigenvalue weighted by atomic mass is 10.2. The highest BCUT2D eigenvalue weighted by molar-refractivity contribution is 5.52. The van der Waals surface area contributed by atoms with Gasteiger partial charge >= 0.3 is 5.82 Å². The molecular weight excluding hydrogens is 340 g/mol. The second-order valence-electron chi connectivity index (χ2n) is 6.46. The molecule has 0 fully saturated rings. The molecule has 0 aliphatic heterocycles. The zero-order valence-corrected chi connectivity index (χ0v) is 16.2. The molecule has 0 amide bonds. The van der Waals surface area contributed by atoms with Crippen LogP contribution < -0.4 is 9.47 Å². The second-order valence-corrected chi connectivity index (χ2v) is 6.46. The number of azo groups is 1. The predicted octanol–water partition coefficient (Wildman–Crippen LogP) is 3.76. The van der Waals surface area contributed by atoms with Gasteiger partial charge in [0.25, 0.3) is 0 Å². The number of aliphatic hydroxyl groups is 2. The number of hydrogen-bond acceptors (Lipinski definition) is 5. The Morgan fingerprint density at radius 2 is 1.63 bits per heavy atom. The van der Waals surface area contributed by atoms with Crippen LogP contribution in [0.25, 0.3) is 0 Å². The van der Waals surface area contributed by atoms with Gasteiger partial charge in [0.05, 0.1) is 31.1 Å². The molecule has 1 aromatic carbocycles. The van der Waals surface area contributed by atoms with Gasteiger partial charge in [-0.3, -0.25) is 0 Å². The molecule has 27 heavy (non-hydrogen) atoms. The van der Waals surface area contributed by atoms with E-state index in [0.29, 0.717) is 13.1 Å². The first-order valence-corrected chi connectivity index (χ1v) is 9.75. The molecule has 0 aliphatic rings. The molecule has 0 radical (unpaired) electrons. The Kier molecular flexibility index (Phi) is 9.44. The van der Waals surface area contributed by atoms with Crippen molar-refractivity contribution in [2.24, 2.45) is 10.2 Å². The van der Waals surface area contributed by atoms with Crippen molar-refractivity contribution in [1.29, 1.82) is 0 Å². The molecule has 1 aromatic heterocycles. The van der Waals surface area contributed by atoms with Crippen LogP contribution in [0.2, 0.25) is 0 Å². The molecule has 2 rings (SSSR count). The number of aryl methyl sites for hydroxylation is 1. The molecule has 0 unspecified atom stereocenters. The lowest BCUT2D eigenvalue weighted by molar-refractivity contribution is -0.684. The fraction of sp³-hybridized carbons (Fsp3) is 0.476. The number of hydrogen-bond donors (Lipinski definition) is 2. The van der Waals surface area contributed by atoms with Gasteiger partial charge in [-0.2, -0.15) is 0 Å². The molecule has 2 N–H and O–H groups in total. The van der Waals surface area contributed by atoms with E-state index in [1.54, 1.807) is 0 Å². The van der Waals surface area contributed by atoms with Crippen molar-refractivity contribution in [3.8, 4) is 0 Å². The van der Waals surface area contributed by atoms with Gasteiger partial charge in [0.15, 0.2) is 0 Å². The topological polar surface area (TPSA) is 72.3 Å². The van der Waals surface area contributed by atoms with Crippen LogP contribution >= 0.6 is 0 Å². The Morgan fingerprint density at radius 3 is 2.30 bits per heavy atom. The van der Waals surface area contributed by atoms with E-state index in [0.717, 1.165) is 30.2 Å². The van der Waals surface area contributed by atoms with E-state index in [-0.39, 0.29) is 13.2 Å². The molecule has 2 aromatic rings. The summed E-state index contributed by atoms with van der Waals surface area (Å²) in [6.45, 7) is 4.24. The summed E-state index contributed by atoms with van der Waals surface area (Å²) in [6.07, 6.45) is 6.92. The zero-order chi connectivity index (χ0) is 19.3. The number of rotatable bonds is 12. The summed E-state index contributed by atoms with van der Waals surface area (Å²) in [6, 6.07) is 13.6. The molecule has 0 bridgehead atoms. The fourth-order valence-corrected chi connectivity index (χ4v) is 2.91. The maximum atomic E-state index is 9.15. The molecule has 6 nitrogen and oxygen atoms in total. The Hall–Kier alpha value is -2.31. The van der Waals surface area contributed by atoms with Crippen molar-refractivity contribution in [3.05, 3.63) is 48.7 Å². The first-order valence-electron chi connectivity index (χ1n) is 9.75. The molecular formula is C21H31N4O2+. The third-order valence-corrected chi connectivity index (χ3v) is 4.39. The predicted molar refractivity (Wildman–Crippen MR) is 108 cm³/mol. The Labute approximate surface area is 161 Å². The van der Waals surface area contributed by atoms with Gasteiger partial charge in [-0.15, -0.1) is 0 Å². The number of unbranched alkanes of at least 4 members (excludes halogenated alkanes) is 3. The van der Waals surface area contributed by atoms with E-state index < -0.39 is 0 Å². The van der Waals surface area contributed by atoms with E-state index in [4.69, 9.17) is 10.2 Å². The fourth-order valence-electron chi connectivity index (χ4n) is 2.91. The van der Waals surface area contributed by atoms with Gasteiger partial charge < -0.3 is 15.1 Å². The zero-order valence-electron chi connectivity index (χ0n) is 16.2. The average Bonchev–Trinajstić information content (AvgIpc) is 2.71. The second kappa shape index (κ2) is 12.1. The molecule has 1 heterocycles. The lowest BCUT2D eigenvalue weighted by Gasteiger charge is -2.22. The van der Waals surface area contributed by atoms with Gasteiger partial charge in [-0.1, -0.05) is 25.8 Å². The van der Waals surface area contributed by atoms with Crippen LogP contribution in [0.3, 0.4) is 0 Å². The quantitative estimate of drug-likeness (QED) is 0.339. The van der Waals surface area contributed by atoms with E-state index in [2.05, 4.69) is 21.7 Å². The molecule has 0 aliphatic carbocycles. The summed E-state index contributed by atoms with van der Waals surface area (Å²) in [4.78, 5) is 1.93. The number of benzene rings is 1. The molecule has 0 spiro atoms. The van der Waals surface area contributed by atoms with Crippen molar-refractivity contribution in [3.63, 3.8) is 0 Å². The van der Waals surface area contributed by atoms with Crippen molar-refractivity contribution < 1.29 is 14.8 Å². The number of anilines is 1. The van der Waals surface area contributed by atoms with Crippen molar-refractivity contribution in [2.45, 2.75) is 39.2 Å². The third kappa shape index (κ3) is 7.07. The van der Waals surface area contributed by atoms with E-state index >= 15 is 0 Å². The summed E-state index contributed by atoms with van der Waals surface area (Å²) >= 11 is 0. The maximum absolute atomic E-state index is 9.15. The van der Waals surface area contributed by atoms with Crippen LogP contribution in [0, 0.1) is 0 Å². The van der Waals surface area contributed by atoms with Gasteiger partial charge in [-0.25, -0.2) is 4.57 Å². The smallest absolute Gasteiger partial charge is 0.350 e. The monoisotopic (exact) mass is 371 g/mol. The summed E-state index contributed by atoms with van der Waals surface area (Å²) in [5.41, 5.74) is 1.72. The number of aliphatic hydroxyl groups excluding tert-OH is 2. The Balaban J connectivity index is 2.03. The molecule has 0 saturated heterocycles. The van der Waals surface area contributed by atoms with Crippen molar-refractivity contribution in [2.75, 3.05) is 31.2 Å². The average molecular weight is 372 g/mol. The normalized spacial score (nSPS) is 11.2. The summed E-state index contributed by atoms with van der Waals surface area (Å²) in [5, 5.41) is 27.1. The van der Waals surface area contributed by atoms with Crippen LogP contribution in [-0.4, -0.2) is 36.5 Å². The van der Waals surface area contributed by atoms with Crippen molar-refractivity contribution >= 4 is 17.2 Å². The standard InChI is InChI=1S/C21H31N4O2/c1-2-3-4-6-13-25-14-7-5-8-21(25)23-22-19-9-11-20(12-10-19)24(15-17-26)16-18-27/h5,7-12,14,26-27H,2-4,6,13,15-18H2,1H3/q+1. The summed E-state index contributed by atoms with van der Waals surface area (Å²) in [7, 11) is 0. The van der Waals surface area contributed by atoms with Gasteiger partial charge in [0.2, 0.25) is 0 Å². The minimum atomic E-state index is 0.0493. The SMILES string of the molecule is CCCCCC[n+]1ccccc1N=Nc1ccc(N(CCO)CCO)cc1. The van der Waals surface area contributed by atoms with E-state index in [1.807, 2.05) is 53.6 Å². The highest BCUT2D eigenvalue weighted by Crippen LogP contribution is 2.21. The van der Waals surface area contributed by atoms with Crippen molar-refractivity contribution in [1.82, 2.24) is 0 Å².